The van der Waals surface area contributed by atoms with Crippen LogP contribution in [0.4, 0.5) is 5.69 Å². The quantitative estimate of drug-likeness (QED) is 0.0379. The van der Waals surface area contributed by atoms with Crippen molar-refractivity contribution in [3.8, 4) is 0 Å². The lowest BCUT2D eigenvalue weighted by molar-refractivity contribution is -0.433. The highest BCUT2D eigenvalue weighted by atomic mass is 32.2. The van der Waals surface area contributed by atoms with Crippen molar-refractivity contribution in [1.29, 1.82) is 0 Å². The summed E-state index contributed by atoms with van der Waals surface area (Å²) in [6, 6.07) is 9.59. The van der Waals surface area contributed by atoms with Gasteiger partial charge in [0.15, 0.2) is 10.3 Å². The normalized spacial score (nSPS) is 18.9. The Morgan fingerprint density at radius 1 is 0.726 bits per heavy atom. The van der Waals surface area contributed by atoms with Crippen LogP contribution in [0.25, 0.3) is 38.5 Å². The van der Waals surface area contributed by atoms with Gasteiger partial charge in [-0.3, -0.25) is 37.1 Å². The van der Waals surface area contributed by atoms with Crippen LogP contribution >= 0.6 is 0 Å². The number of benzene rings is 4. The summed E-state index contributed by atoms with van der Waals surface area (Å²) in [5, 5.41) is 2.54. The summed E-state index contributed by atoms with van der Waals surface area (Å²) in [6.45, 7) is 2.34. The summed E-state index contributed by atoms with van der Waals surface area (Å²) >= 11 is 0. The number of allylic oxidation sites excluding steroid dienone is 6. The monoisotopic (exact) mass is 1110 g/mol. The summed E-state index contributed by atoms with van der Waals surface area (Å²) < 4.78 is 178. The Morgan fingerprint density at radius 2 is 1.29 bits per heavy atom. The lowest BCUT2D eigenvalue weighted by Crippen LogP contribution is -2.51. The van der Waals surface area contributed by atoms with Crippen molar-refractivity contribution >= 4 is 124 Å². The Morgan fingerprint density at radius 3 is 1.85 bits per heavy atom. The highest BCUT2D eigenvalue weighted by Gasteiger charge is 2.52. The molecule has 386 valence electrons. The first-order valence-electron chi connectivity index (χ1n) is 21.5. The number of hydrogen-bond acceptors (Lipinski definition) is 15. The molecule has 0 radical (unpaired) electrons. The molecule has 1 unspecified atom stereocenters. The second-order valence-electron chi connectivity index (χ2n) is 17.0. The van der Waals surface area contributed by atoms with Gasteiger partial charge in [0.2, 0.25) is 17.3 Å². The Bertz CT molecular complexity index is 4100. The molecular formula is C44H41N4O20S5+. The molecule has 6 N–H and O–H groups in total. The van der Waals surface area contributed by atoms with Gasteiger partial charge < -0.3 is 14.7 Å². The molecule has 1 atom stereocenters. The molecule has 73 heavy (non-hydrogen) atoms. The fourth-order valence-electron chi connectivity index (χ4n) is 9.51. The fourth-order valence-corrected chi connectivity index (χ4v) is 12.9. The zero-order chi connectivity index (χ0) is 53.5. The van der Waals surface area contributed by atoms with Gasteiger partial charge in [0.05, 0.1) is 22.2 Å². The third kappa shape index (κ3) is 9.63. The highest BCUT2D eigenvalue weighted by Crippen LogP contribution is 2.45. The summed E-state index contributed by atoms with van der Waals surface area (Å²) in [6.07, 6.45) is 4.97. The molecule has 1 aromatic heterocycles. The largest absolute Gasteiger partial charge is 0.354 e. The van der Waals surface area contributed by atoms with Crippen molar-refractivity contribution in [3.05, 3.63) is 94.9 Å². The molecule has 2 aliphatic heterocycles. The van der Waals surface area contributed by atoms with Crippen LogP contribution < -0.4 is 10.7 Å². The van der Waals surface area contributed by atoms with Crippen LogP contribution in [0, 0.1) is 5.41 Å². The fraction of sp³-hybridized carbons (Fsp3) is 0.250. The lowest BCUT2D eigenvalue weighted by atomic mass is 9.71. The van der Waals surface area contributed by atoms with Crippen molar-refractivity contribution in [2.45, 2.75) is 65.7 Å². The van der Waals surface area contributed by atoms with E-state index in [1.807, 2.05) is 0 Å². The van der Waals surface area contributed by atoms with Gasteiger partial charge in [-0.1, -0.05) is 48.6 Å². The van der Waals surface area contributed by atoms with E-state index in [9.17, 15) is 84.0 Å². The number of amides is 3. The second-order valence-corrected chi connectivity index (χ2v) is 24.1. The number of carbonyl (C=O) groups is 4. The molecule has 8 rings (SSSR count). The van der Waals surface area contributed by atoms with Crippen molar-refractivity contribution in [2.24, 2.45) is 5.41 Å². The van der Waals surface area contributed by atoms with Crippen LogP contribution in [0.3, 0.4) is 0 Å². The lowest BCUT2D eigenvalue weighted by Gasteiger charge is -2.34. The van der Waals surface area contributed by atoms with Gasteiger partial charge in [-0.05, 0) is 62.1 Å². The van der Waals surface area contributed by atoms with Crippen molar-refractivity contribution in [3.63, 3.8) is 0 Å². The van der Waals surface area contributed by atoms with E-state index in [4.69, 9.17) is 4.84 Å². The minimum absolute atomic E-state index is 0.0124. The number of aryl methyl sites for hydroxylation is 1. The van der Waals surface area contributed by atoms with Crippen molar-refractivity contribution in [2.75, 3.05) is 18.8 Å². The maximum Gasteiger partial charge on any atom is 0.349 e. The molecule has 0 bridgehead atoms. The SMILES string of the molecule is CCn1/c(=C/C=C2C=C(/C=C/C3=[N+](CC)c4c(S(=O)(=O)O)cc(S(=O)(=O)O)c5cccc3c45)CC(C(=O)NCCS(=O)(=O)O)(C(=O)ON3C(=O)CCC3=O)C/2)c2cccc3c(S(=O)(=O)O)cc(S(=O)(=O)O)c1c32. The molecule has 1 saturated heterocycles. The van der Waals surface area contributed by atoms with Crippen LogP contribution in [0.15, 0.2) is 104 Å². The maximum atomic E-state index is 14.6. The van der Waals surface area contributed by atoms with Crippen molar-refractivity contribution < 1.29 is 93.4 Å². The van der Waals surface area contributed by atoms with Crippen LogP contribution in [0.2, 0.25) is 0 Å². The zero-order valence-electron chi connectivity index (χ0n) is 37.9. The maximum absolute atomic E-state index is 14.6. The second kappa shape index (κ2) is 18.4. The third-order valence-electron chi connectivity index (χ3n) is 12.5. The topological polar surface area (TPSA) is 373 Å². The molecule has 0 saturated carbocycles. The summed E-state index contributed by atoms with van der Waals surface area (Å²) in [5.74, 6) is -5.61. The van der Waals surface area contributed by atoms with Gasteiger partial charge in [0.25, 0.3) is 52.3 Å². The molecule has 0 spiro atoms. The number of rotatable bonds is 15. The number of imide groups is 1. The predicted molar refractivity (Wildman–Crippen MR) is 256 cm³/mol. The minimum atomic E-state index is -5.20. The van der Waals surface area contributed by atoms with Gasteiger partial charge in [0, 0.05) is 58.9 Å². The molecule has 3 heterocycles. The smallest absolute Gasteiger partial charge is 0.349 e. The first kappa shape index (κ1) is 52.8. The highest BCUT2D eigenvalue weighted by molar-refractivity contribution is 7.87. The van der Waals surface area contributed by atoms with E-state index < -0.39 is 124 Å². The van der Waals surface area contributed by atoms with Crippen LogP contribution in [0.1, 0.15) is 45.1 Å². The minimum Gasteiger partial charge on any atom is -0.354 e. The first-order valence-corrected chi connectivity index (χ1v) is 28.9. The summed E-state index contributed by atoms with van der Waals surface area (Å²) in [4.78, 5) is 56.6. The number of nitrogens with zero attached hydrogens (tertiary/aromatic N) is 3. The molecule has 3 aliphatic rings. The van der Waals surface area contributed by atoms with Crippen LogP contribution in [0.5, 0.6) is 0 Å². The Balaban J connectivity index is 1.39. The number of hydroxylamine groups is 2. The zero-order valence-corrected chi connectivity index (χ0v) is 42.0. The van der Waals surface area contributed by atoms with E-state index in [2.05, 4.69) is 5.32 Å². The van der Waals surface area contributed by atoms with E-state index in [-0.39, 0.29) is 96.9 Å². The van der Waals surface area contributed by atoms with Crippen LogP contribution in [-0.4, -0.2) is 127 Å². The Kier molecular flexibility index (Phi) is 13.3. The van der Waals surface area contributed by atoms with Gasteiger partial charge in [0.1, 0.15) is 21.2 Å². The van der Waals surface area contributed by atoms with Gasteiger partial charge in [-0.15, -0.1) is 5.06 Å². The van der Waals surface area contributed by atoms with Crippen LogP contribution in [-0.2, 0) is 81.2 Å². The standard InChI is InChI=1S/C44H40N4O20S5/c1-3-46-30(26-7-5-9-28-32(70(56,57)58)20-34(72(62,63)64)40(46)38(26)28)13-11-24-19-25(23-44(22-24,42(51)45-17-18-69(53,54)55)43(52)68-48-36(49)15-16-37(48)50)12-14-31-27-8-6-10-29-33(71(59,60)61)21-35(73(65,66)67)41(39(27)29)47(31)4-2/h5-14,19-21H,3-4,15-18,22-23H2,1-2H3,(H5-,45,51,53,54,55,56,57,58,59,60,61,62,63,64,65,66,67)/p+1. The molecule has 3 amide bonds. The molecule has 5 aromatic rings. The number of hydrogen-bond donors (Lipinski definition) is 6. The average Bonchev–Trinajstić information content (AvgIpc) is 3.91. The average molecular weight is 1110 g/mol. The molecule has 4 aromatic carbocycles. The van der Waals surface area contributed by atoms with E-state index >= 15 is 0 Å². The van der Waals surface area contributed by atoms with Gasteiger partial charge in [-0.2, -0.15) is 46.7 Å². The number of aromatic nitrogens is 1. The predicted octanol–water partition coefficient (Wildman–Crippen LogP) is 2.42. The van der Waals surface area contributed by atoms with Gasteiger partial charge >= 0.3 is 16.1 Å². The number of carbonyl (C=O) groups excluding carboxylic acids is 4. The van der Waals surface area contributed by atoms with E-state index in [1.54, 1.807) is 13.8 Å². The van der Waals surface area contributed by atoms with E-state index in [0.29, 0.717) is 12.1 Å². The third-order valence-corrected chi connectivity index (χ3v) is 16.7. The first-order chi connectivity index (χ1) is 33.9. The molecule has 29 heteroatoms. The van der Waals surface area contributed by atoms with E-state index in [0.717, 1.165) is 0 Å². The molecule has 1 aliphatic carbocycles. The van der Waals surface area contributed by atoms with E-state index in [1.165, 1.54) is 75.9 Å². The molecule has 1 fully saturated rings. The Labute approximate surface area is 415 Å². The Hall–Kier alpha value is -6.54. The van der Waals surface area contributed by atoms with Crippen molar-refractivity contribution in [1.82, 2.24) is 14.9 Å². The number of nitrogens with one attached hydrogen (secondary N) is 1. The summed E-state index contributed by atoms with van der Waals surface area (Å²) in [5.41, 5.74) is -2.37. The summed E-state index contributed by atoms with van der Waals surface area (Å²) in [7, 11) is -25.3. The molecule has 24 nitrogen and oxygen atoms in total. The van der Waals surface area contributed by atoms with Gasteiger partial charge in [-0.25, -0.2) is 4.79 Å². The molecular weight excluding hydrogens is 1060 g/mol.